The molecular weight excluding hydrogens is 216 g/mol. The zero-order chi connectivity index (χ0) is 13.2. The van der Waals surface area contributed by atoms with Gasteiger partial charge < -0.3 is 14.6 Å². The second kappa shape index (κ2) is 4.96. The molecule has 0 heterocycles. The molecule has 0 bridgehead atoms. The summed E-state index contributed by atoms with van der Waals surface area (Å²) in [6.45, 7) is 7.92. The van der Waals surface area contributed by atoms with Crippen LogP contribution in [0, 0.1) is 12.3 Å². The molecular formula is C14H22O3. The molecule has 1 aromatic rings. The van der Waals surface area contributed by atoms with Crippen molar-refractivity contribution in [3.63, 3.8) is 0 Å². The Morgan fingerprint density at radius 2 is 1.47 bits per heavy atom. The molecule has 17 heavy (non-hydrogen) atoms. The van der Waals surface area contributed by atoms with Gasteiger partial charge in [0.2, 0.25) is 0 Å². The van der Waals surface area contributed by atoms with E-state index in [2.05, 4.69) is 0 Å². The summed E-state index contributed by atoms with van der Waals surface area (Å²) in [6, 6.07) is 3.82. The molecule has 0 amide bonds. The van der Waals surface area contributed by atoms with Gasteiger partial charge in [0, 0.05) is 0 Å². The maximum absolute atomic E-state index is 10.4. The first-order valence-corrected chi connectivity index (χ1v) is 5.71. The van der Waals surface area contributed by atoms with Crippen LogP contribution >= 0.6 is 0 Å². The standard InChI is InChI=1S/C14H22O3/c1-9-7-10(16-5)12(11(8-9)17-6)13(15)14(2,3)4/h7-8,13,15H,1-6H3. The van der Waals surface area contributed by atoms with Gasteiger partial charge in [0.1, 0.15) is 11.5 Å². The predicted molar refractivity (Wildman–Crippen MR) is 68.7 cm³/mol. The average Bonchev–Trinajstić information content (AvgIpc) is 2.25. The van der Waals surface area contributed by atoms with E-state index < -0.39 is 6.10 Å². The summed E-state index contributed by atoms with van der Waals surface area (Å²) in [6.07, 6.45) is -0.631. The highest BCUT2D eigenvalue weighted by Crippen LogP contribution is 2.43. The van der Waals surface area contributed by atoms with Gasteiger partial charge in [-0.15, -0.1) is 0 Å². The van der Waals surface area contributed by atoms with Gasteiger partial charge >= 0.3 is 0 Å². The van der Waals surface area contributed by atoms with Crippen molar-refractivity contribution < 1.29 is 14.6 Å². The first-order chi connectivity index (χ1) is 7.81. The lowest BCUT2D eigenvalue weighted by Gasteiger charge is -2.29. The fourth-order valence-corrected chi connectivity index (χ4v) is 1.77. The van der Waals surface area contributed by atoms with Gasteiger partial charge in [-0.25, -0.2) is 0 Å². The number of rotatable bonds is 3. The van der Waals surface area contributed by atoms with Gasteiger partial charge in [-0.05, 0) is 30.0 Å². The van der Waals surface area contributed by atoms with Crippen molar-refractivity contribution in [1.29, 1.82) is 0 Å². The van der Waals surface area contributed by atoms with Gasteiger partial charge in [0.25, 0.3) is 0 Å². The topological polar surface area (TPSA) is 38.7 Å². The van der Waals surface area contributed by atoms with Gasteiger partial charge in [0.05, 0.1) is 25.9 Å². The fourth-order valence-electron chi connectivity index (χ4n) is 1.77. The summed E-state index contributed by atoms with van der Waals surface area (Å²) in [5.74, 6) is 1.34. The number of aliphatic hydroxyl groups excluding tert-OH is 1. The van der Waals surface area contributed by atoms with E-state index in [9.17, 15) is 5.11 Å². The van der Waals surface area contributed by atoms with Crippen LogP contribution in [-0.4, -0.2) is 19.3 Å². The third-order valence-electron chi connectivity index (χ3n) is 2.78. The van der Waals surface area contributed by atoms with E-state index >= 15 is 0 Å². The summed E-state index contributed by atoms with van der Waals surface area (Å²) >= 11 is 0. The van der Waals surface area contributed by atoms with Crippen molar-refractivity contribution in [3.8, 4) is 11.5 Å². The molecule has 1 atom stereocenters. The largest absolute Gasteiger partial charge is 0.496 e. The Morgan fingerprint density at radius 3 is 1.76 bits per heavy atom. The van der Waals surface area contributed by atoms with Crippen LogP contribution in [0.25, 0.3) is 0 Å². The maximum atomic E-state index is 10.4. The highest BCUT2D eigenvalue weighted by atomic mass is 16.5. The molecule has 0 saturated heterocycles. The highest BCUT2D eigenvalue weighted by Gasteiger charge is 2.29. The summed E-state index contributed by atoms with van der Waals surface area (Å²) in [5.41, 5.74) is 1.49. The van der Waals surface area contributed by atoms with E-state index in [0.29, 0.717) is 17.1 Å². The fraction of sp³-hybridized carbons (Fsp3) is 0.571. The summed E-state index contributed by atoms with van der Waals surface area (Å²) in [7, 11) is 3.21. The number of hydrogen-bond donors (Lipinski definition) is 1. The van der Waals surface area contributed by atoms with Crippen LogP contribution in [0.1, 0.15) is 38.0 Å². The number of methoxy groups -OCH3 is 2. The first-order valence-electron chi connectivity index (χ1n) is 5.71. The lowest BCUT2D eigenvalue weighted by atomic mass is 9.83. The maximum Gasteiger partial charge on any atom is 0.128 e. The van der Waals surface area contributed by atoms with Crippen molar-refractivity contribution in [2.24, 2.45) is 5.41 Å². The summed E-state index contributed by atoms with van der Waals surface area (Å²) in [4.78, 5) is 0. The molecule has 3 nitrogen and oxygen atoms in total. The Labute approximate surface area is 103 Å². The second-order valence-electron chi connectivity index (χ2n) is 5.35. The average molecular weight is 238 g/mol. The molecule has 0 spiro atoms. The number of benzene rings is 1. The molecule has 1 rings (SSSR count). The minimum absolute atomic E-state index is 0.268. The minimum atomic E-state index is -0.631. The molecule has 1 N–H and O–H groups in total. The molecule has 0 saturated carbocycles. The summed E-state index contributed by atoms with van der Waals surface area (Å²) in [5, 5.41) is 10.4. The molecule has 0 radical (unpaired) electrons. The Morgan fingerprint density at radius 1 is 1.06 bits per heavy atom. The van der Waals surface area contributed by atoms with E-state index in [0.717, 1.165) is 5.56 Å². The van der Waals surface area contributed by atoms with E-state index in [-0.39, 0.29) is 5.41 Å². The predicted octanol–water partition coefficient (Wildman–Crippen LogP) is 3.09. The van der Waals surface area contributed by atoms with Gasteiger partial charge in [-0.3, -0.25) is 0 Å². The normalized spacial score (nSPS) is 13.4. The quantitative estimate of drug-likeness (QED) is 0.879. The molecule has 1 unspecified atom stereocenters. The van der Waals surface area contributed by atoms with Gasteiger partial charge in [0.15, 0.2) is 0 Å². The van der Waals surface area contributed by atoms with E-state index in [1.807, 2.05) is 39.8 Å². The van der Waals surface area contributed by atoms with Crippen LogP contribution < -0.4 is 9.47 Å². The monoisotopic (exact) mass is 238 g/mol. The zero-order valence-corrected chi connectivity index (χ0v) is 11.5. The van der Waals surface area contributed by atoms with Crippen molar-refractivity contribution in [3.05, 3.63) is 23.3 Å². The molecule has 1 aromatic carbocycles. The molecule has 0 aliphatic carbocycles. The minimum Gasteiger partial charge on any atom is -0.496 e. The van der Waals surface area contributed by atoms with Crippen LogP contribution in [-0.2, 0) is 0 Å². The lowest BCUT2D eigenvalue weighted by molar-refractivity contribution is 0.0580. The molecule has 96 valence electrons. The van der Waals surface area contributed by atoms with E-state index in [1.165, 1.54) is 0 Å². The van der Waals surface area contributed by atoms with Gasteiger partial charge in [-0.2, -0.15) is 0 Å². The molecule has 0 aliphatic heterocycles. The van der Waals surface area contributed by atoms with Crippen molar-refractivity contribution in [2.75, 3.05) is 14.2 Å². The van der Waals surface area contributed by atoms with Crippen LogP contribution in [0.2, 0.25) is 0 Å². The Hall–Kier alpha value is -1.22. The van der Waals surface area contributed by atoms with Gasteiger partial charge in [-0.1, -0.05) is 20.8 Å². The Kier molecular flexibility index (Phi) is 4.04. The van der Waals surface area contributed by atoms with E-state index in [4.69, 9.17) is 9.47 Å². The molecule has 0 fully saturated rings. The molecule has 0 aliphatic rings. The number of hydrogen-bond acceptors (Lipinski definition) is 3. The van der Waals surface area contributed by atoms with E-state index in [1.54, 1.807) is 14.2 Å². The Bertz CT molecular complexity index is 366. The number of aryl methyl sites for hydroxylation is 1. The highest BCUT2D eigenvalue weighted by molar-refractivity contribution is 5.49. The zero-order valence-electron chi connectivity index (χ0n) is 11.5. The van der Waals surface area contributed by atoms with Crippen LogP contribution in [0.15, 0.2) is 12.1 Å². The third-order valence-corrected chi connectivity index (χ3v) is 2.78. The van der Waals surface area contributed by atoms with Crippen LogP contribution in [0.4, 0.5) is 0 Å². The molecule has 3 heteroatoms. The SMILES string of the molecule is COc1cc(C)cc(OC)c1C(O)C(C)(C)C. The Balaban J connectivity index is 3.38. The van der Waals surface area contributed by atoms with Crippen LogP contribution in [0.5, 0.6) is 11.5 Å². The molecule has 0 aromatic heterocycles. The van der Waals surface area contributed by atoms with Crippen molar-refractivity contribution >= 4 is 0 Å². The second-order valence-corrected chi connectivity index (χ2v) is 5.35. The number of ether oxygens (including phenoxy) is 2. The number of aliphatic hydroxyl groups is 1. The third kappa shape index (κ3) is 2.91. The lowest BCUT2D eigenvalue weighted by Crippen LogP contribution is -2.19. The smallest absolute Gasteiger partial charge is 0.128 e. The van der Waals surface area contributed by atoms with Crippen molar-refractivity contribution in [1.82, 2.24) is 0 Å². The van der Waals surface area contributed by atoms with Crippen LogP contribution in [0.3, 0.4) is 0 Å². The summed E-state index contributed by atoms with van der Waals surface area (Å²) < 4.78 is 10.7. The van der Waals surface area contributed by atoms with Crippen molar-refractivity contribution in [2.45, 2.75) is 33.8 Å². The first kappa shape index (κ1) is 13.8.